The average molecular weight is 292 g/mol. The van der Waals surface area contributed by atoms with E-state index in [-0.39, 0.29) is 10.8 Å². The monoisotopic (exact) mass is 291 g/mol. The Morgan fingerprint density at radius 1 is 1.15 bits per heavy atom. The van der Waals surface area contributed by atoms with Crippen LogP contribution in [-0.4, -0.2) is 6.04 Å². The summed E-state index contributed by atoms with van der Waals surface area (Å²) < 4.78 is 13.3. The van der Waals surface area contributed by atoms with Crippen LogP contribution in [0.4, 0.5) is 4.39 Å². The van der Waals surface area contributed by atoms with Crippen LogP contribution >= 0.6 is 11.6 Å². The highest BCUT2D eigenvalue weighted by atomic mass is 35.5. The first kappa shape index (κ1) is 15.0. The Balaban J connectivity index is 2.34. The van der Waals surface area contributed by atoms with Gasteiger partial charge in [0, 0.05) is 12.6 Å². The summed E-state index contributed by atoms with van der Waals surface area (Å²) in [5, 5.41) is 3.55. The Morgan fingerprint density at radius 3 is 2.55 bits per heavy atom. The minimum absolute atomic E-state index is 0.160. The lowest BCUT2D eigenvalue weighted by molar-refractivity contribution is 0.589. The SMILES string of the molecule is Cc1ccc(CNC(C)C)cc1-c1ccc(F)c(Cl)c1. The van der Waals surface area contributed by atoms with Gasteiger partial charge >= 0.3 is 0 Å². The molecule has 0 aromatic heterocycles. The van der Waals surface area contributed by atoms with Crippen LogP contribution < -0.4 is 5.32 Å². The summed E-state index contributed by atoms with van der Waals surface area (Å²) in [6.07, 6.45) is 0. The minimum atomic E-state index is -0.384. The maximum atomic E-state index is 13.3. The average Bonchev–Trinajstić information content (AvgIpc) is 2.41. The molecule has 2 aromatic rings. The summed E-state index contributed by atoms with van der Waals surface area (Å²) in [5.41, 5.74) is 4.40. The third kappa shape index (κ3) is 3.59. The number of aryl methyl sites for hydroxylation is 1. The van der Waals surface area contributed by atoms with Gasteiger partial charge in [0.25, 0.3) is 0 Å². The summed E-state index contributed by atoms with van der Waals surface area (Å²) in [7, 11) is 0. The molecule has 0 radical (unpaired) electrons. The maximum absolute atomic E-state index is 13.3. The van der Waals surface area contributed by atoms with Crippen LogP contribution in [0.1, 0.15) is 25.0 Å². The second kappa shape index (κ2) is 6.38. The van der Waals surface area contributed by atoms with Gasteiger partial charge in [0.2, 0.25) is 0 Å². The largest absolute Gasteiger partial charge is 0.310 e. The molecule has 0 saturated heterocycles. The van der Waals surface area contributed by atoms with Crippen LogP contribution in [0.25, 0.3) is 11.1 Å². The van der Waals surface area contributed by atoms with E-state index < -0.39 is 0 Å². The molecule has 3 heteroatoms. The zero-order valence-corrected chi connectivity index (χ0v) is 12.8. The Bertz CT molecular complexity index is 608. The highest BCUT2D eigenvalue weighted by molar-refractivity contribution is 6.31. The van der Waals surface area contributed by atoms with Gasteiger partial charge in [-0.2, -0.15) is 0 Å². The lowest BCUT2D eigenvalue weighted by Crippen LogP contribution is -2.21. The normalized spacial score (nSPS) is 11.1. The quantitative estimate of drug-likeness (QED) is 0.840. The third-order valence-electron chi connectivity index (χ3n) is 3.25. The minimum Gasteiger partial charge on any atom is -0.310 e. The fourth-order valence-corrected chi connectivity index (χ4v) is 2.26. The molecule has 0 atom stereocenters. The number of rotatable bonds is 4. The van der Waals surface area contributed by atoms with Gasteiger partial charge < -0.3 is 5.32 Å². The molecule has 0 aliphatic carbocycles. The van der Waals surface area contributed by atoms with Crippen molar-refractivity contribution in [3.63, 3.8) is 0 Å². The maximum Gasteiger partial charge on any atom is 0.141 e. The molecule has 1 nitrogen and oxygen atoms in total. The predicted molar refractivity (Wildman–Crippen MR) is 83.6 cm³/mol. The highest BCUT2D eigenvalue weighted by Gasteiger charge is 2.07. The molecule has 20 heavy (non-hydrogen) atoms. The molecular formula is C17H19ClFN. The smallest absolute Gasteiger partial charge is 0.141 e. The summed E-state index contributed by atoms with van der Waals surface area (Å²) in [6.45, 7) is 7.11. The number of hydrogen-bond donors (Lipinski definition) is 1. The van der Waals surface area contributed by atoms with Crippen molar-refractivity contribution in [2.75, 3.05) is 0 Å². The van der Waals surface area contributed by atoms with Crippen molar-refractivity contribution in [2.24, 2.45) is 0 Å². The lowest BCUT2D eigenvalue weighted by Gasteiger charge is -2.12. The molecular weight excluding hydrogens is 273 g/mol. The fraction of sp³-hybridized carbons (Fsp3) is 0.294. The Kier molecular flexibility index (Phi) is 4.79. The van der Waals surface area contributed by atoms with E-state index in [1.54, 1.807) is 12.1 Å². The van der Waals surface area contributed by atoms with Crippen molar-refractivity contribution in [3.05, 3.63) is 58.4 Å². The van der Waals surface area contributed by atoms with E-state index in [2.05, 4.69) is 37.4 Å². The van der Waals surface area contributed by atoms with Crippen molar-refractivity contribution in [1.29, 1.82) is 0 Å². The molecule has 0 aliphatic rings. The summed E-state index contributed by atoms with van der Waals surface area (Å²) >= 11 is 5.87. The summed E-state index contributed by atoms with van der Waals surface area (Å²) in [4.78, 5) is 0. The topological polar surface area (TPSA) is 12.0 Å². The summed E-state index contributed by atoms with van der Waals surface area (Å²) in [6, 6.07) is 11.6. The Morgan fingerprint density at radius 2 is 1.90 bits per heavy atom. The first-order chi connectivity index (χ1) is 9.47. The van der Waals surface area contributed by atoms with Gasteiger partial charge in [-0.3, -0.25) is 0 Å². The van der Waals surface area contributed by atoms with Gasteiger partial charge in [-0.05, 0) is 47.4 Å². The molecule has 0 unspecified atom stereocenters. The van der Waals surface area contributed by atoms with Crippen molar-refractivity contribution in [2.45, 2.75) is 33.4 Å². The zero-order valence-electron chi connectivity index (χ0n) is 12.0. The van der Waals surface area contributed by atoms with Crippen molar-refractivity contribution in [3.8, 4) is 11.1 Å². The molecule has 1 N–H and O–H groups in total. The second-order valence-corrected chi connectivity index (χ2v) is 5.72. The number of benzene rings is 2. The summed E-state index contributed by atoms with van der Waals surface area (Å²) in [5.74, 6) is -0.384. The van der Waals surface area contributed by atoms with E-state index in [1.807, 2.05) is 6.92 Å². The van der Waals surface area contributed by atoms with Crippen LogP contribution in [0.5, 0.6) is 0 Å². The zero-order chi connectivity index (χ0) is 14.7. The van der Waals surface area contributed by atoms with E-state index in [1.165, 1.54) is 11.6 Å². The van der Waals surface area contributed by atoms with Crippen molar-refractivity contribution >= 4 is 11.6 Å². The van der Waals surface area contributed by atoms with Crippen LogP contribution in [0, 0.1) is 12.7 Å². The first-order valence-corrected chi connectivity index (χ1v) is 7.13. The lowest BCUT2D eigenvalue weighted by atomic mass is 9.98. The van der Waals surface area contributed by atoms with Crippen LogP contribution in [0.3, 0.4) is 0 Å². The molecule has 106 valence electrons. The molecule has 2 aromatic carbocycles. The molecule has 0 fully saturated rings. The Labute approximate surface area is 124 Å². The van der Waals surface area contributed by atoms with E-state index in [0.29, 0.717) is 6.04 Å². The van der Waals surface area contributed by atoms with Gasteiger partial charge in [-0.25, -0.2) is 4.39 Å². The predicted octanol–water partition coefficient (Wildman–Crippen LogP) is 4.95. The number of halogens is 2. The van der Waals surface area contributed by atoms with E-state index >= 15 is 0 Å². The fourth-order valence-electron chi connectivity index (χ4n) is 2.08. The molecule has 0 bridgehead atoms. The van der Waals surface area contributed by atoms with Gasteiger partial charge in [-0.1, -0.05) is 43.6 Å². The van der Waals surface area contributed by atoms with Gasteiger partial charge in [0.15, 0.2) is 0 Å². The van der Waals surface area contributed by atoms with Crippen LogP contribution in [0.2, 0.25) is 5.02 Å². The number of nitrogens with one attached hydrogen (secondary N) is 1. The van der Waals surface area contributed by atoms with Crippen molar-refractivity contribution in [1.82, 2.24) is 5.32 Å². The molecule has 0 saturated carbocycles. The van der Waals surface area contributed by atoms with Crippen LogP contribution in [0.15, 0.2) is 36.4 Å². The Hall–Kier alpha value is -1.38. The molecule has 0 spiro atoms. The molecule has 0 amide bonds. The second-order valence-electron chi connectivity index (χ2n) is 5.31. The molecule has 2 rings (SSSR count). The first-order valence-electron chi connectivity index (χ1n) is 6.75. The van der Waals surface area contributed by atoms with Crippen LogP contribution in [-0.2, 0) is 6.54 Å². The van der Waals surface area contributed by atoms with E-state index in [9.17, 15) is 4.39 Å². The third-order valence-corrected chi connectivity index (χ3v) is 3.54. The highest BCUT2D eigenvalue weighted by Crippen LogP contribution is 2.28. The molecule has 0 aliphatic heterocycles. The van der Waals surface area contributed by atoms with Crippen molar-refractivity contribution < 1.29 is 4.39 Å². The van der Waals surface area contributed by atoms with Gasteiger partial charge in [0.1, 0.15) is 5.82 Å². The van der Waals surface area contributed by atoms with E-state index in [0.717, 1.165) is 23.2 Å². The number of hydrogen-bond acceptors (Lipinski definition) is 1. The molecule has 0 heterocycles. The van der Waals surface area contributed by atoms with E-state index in [4.69, 9.17) is 11.6 Å². The van der Waals surface area contributed by atoms with Gasteiger partial charge in [-0.15, -0.1) is 0 Å². The van der Waals surface area contributed by atoms with Gasteiger partial charge in [0.05, 0.1) is 5.02 Å². The standard InChI is InChI=1S/C17H19ClFN/c1-11(2)20-10-13-5-4-12(3)15(8-13)14-6-7-17(19)16(18)9-14/h4-9,11,20H,10H2,1-3H3.